The zero-order valence-corrected chi connectivity index (χ0v) is 12.4. The van der Waals surface area contributed by atoms with Crippen molar-refractivity contribution in [2.24, 2.45) is 0 Å². The summed E-state index contributed by atoms with van der Waals surface area (Å²) in [7, 11) is 0. The molecule has 21 heavy (non-hydrogen) atoms. The van der Waals surface area contributed by atoms with Gasteiger partial charge < -0.3 is 14.4 Å². The van der Waals surface area contributed by atoms with Crippen LogP contribution in [0.5, 0.6) is 11.5 Å². The molecule has 2 aliphatic heterocycles. The average Bonchev–Trinajstić information content (AvgIpc) is 3.19. The molecule has 1 aromatic carbocycles. The average molecular weight is 304 g/mol. The minimum atomic E-state index is 0.333. The second-order valence-corrected chi connectivity index (χ2v) is 5.98. The number of ether oxygens (including phenoxy) is 2. The van der Waals surface area contributed by atoms with Crippen LogP contribution in [0.25, 0.3) is 0 Å². The molecule has 7 heteroatoms. The first-order valence-electron chi connectivity index (χ1n) is 7.00. The molecule has 0 aliphatic carbocycles. The van der Waals surface area contributed by atoms with Gasteiger partial charge >= 0.3 is 0 Å². The van der Waals surface area contributed by atoms with E-state index in [4.69, 9.17) is 9.47 Å². The Hall–Kier alpha value is -1.86. The summed E-state index contributed by atoms with van der Waals surface area (Å²) in [5, 5.41) is 9.06. The Kier molecular flexibility index (Phi) is 3.36. The molecule has 0 N–H and O–H groups in total. The van der Waals surface area contributed by atoms with Gasteiger partial charge in [-0.05, 0) is 17.7 Å². The van der Waals surface area contributed by atoms with Crippen LogP contribution >= 0.6 is 11.3 Å². The quantitative estimate of drug-likeness (QED) is 0.858. The molecule has 4 rings (SSSR count). The number of rotatable bonds is 3. The first-order chi connectivity index (χ1) is 10.4. The van der Waals surface area contributed by atoms with E-state index in [9.17, 15) is 0 Å². The lowest BCUT2D eigenvalue weighted by Gasteiger charge is -2.34. The third-order valence-electron chi connectivity index (χ3n) is 3.83. The van der Waals surface area contributed by atoms with Crippen LogP contribution in [0.4, 0.5) is 5.13 Å². The van der Waals surface area contributed by atoms with Crippen LogP contribution in [-0.4, -0.2) is 48.1 Å². The molecule has 0 radical (unpaired) electrons. The monoisotopic (exact) mass is 304 g/mol. The fraction of sp³-hybridized carbons (Fsp3) is 0.429. The topological polar surface area (TPSA) is 50.7 Å². The fourth-order valence-electron chi connectivity index (χ4n) is 2.70. The summed E-state index contributed by atoms with van der Waals surface area (Å²) in [6, 6.07) is 6.19. The molecule has 6 nitrogen and oxygen atoms in total. The maximum absolute atomic E-state index is 5.43. The Morgan fingerprint density at radius 1 is 1.10 bits per heavy atom. The van der Waals surface area contributed by atoms with Gasteiger partial charge in [0, 0.05) is 32.7 Å². The smallest absolute Gasteiger partial charge is 0.231 e. The molecule has 0 saturated carbocycles. The predicted octanol–water partition coefficient (Wildman–Crippen LogP) is 1.59. The second kappa shape index (κ2) is 5.50. The molecule has 1 saturated heterocycles. The Labute approximate surface area is 126 Å². The van der Waals surface area contributed by atoms with Crippen molar-refractivity contribution in [1.82, 2.24) is 15.1 Å². The highest BCUT2D eigenvalue weighted by Gasteiger charge is 2.20. The Balaban J connectivity index is 1.36. The zero-order valence-electron chi connectivity index (χ0n) is 11.6. The van der Waals surface area contributed by atoms with Gasteiger partial charge in [-0.1, -0.05) is 17.4 Å². The van der Waals surface area contributed by atoms with Gasteiger partial charge in [-0.25, -0.2) is 0 Å². The standard InChI is InChI=1S/C14H16N4O2S/c1-2-12-13(20-10-19-12)7-11(1)8-17-3-5-18(6-4-17)14-16-15-9-21-14/h1-2,7,9H,3-6,8,10H2. The highest BCUT2D eigenvalue weighted by Crippen LogP contribution is 2.32. The summed E-state index contributed by atoms with van der Waals surface area (Å²) in [6.45, 7) is 5.35. The summed E-state index contributed by atoms with van der Waals surface area (Å²) in [5.74, 6) is 1.71. The lowest BCUT2D eigenvalue weighted by atomic mass is 10.1. The van der Waals surface area contributed by atoms with Crippen molar-refractivity contribution in [1.29, 1.82) is 0 Å². The minimum absolute atomic E-state index is 0.333. The number of nitrogens with zero attached hydrogens (tertiary/aromatic N) is 4. The first kappa shape index (κ1) is 12.8. The summed E-state index contributed by atoms with van der Waals surface area (Å²) in [6.07, 6.45) is 0. The molecule has 0 spiro atoms. The van der Waals surface area contributed by atoms with Crippen LogP contribution in [0.2, 0.25) is 0 Å². The van der Waals surface area contributed by atoms with Crippen molar-refractivity contribution < 1.29 is 9.47 Å². The van der Waals surface area contributed by atoms with E-state index in [2.05, 4.69) is 32.1 Å². The summed E-state index contributed by atoms with van der Waals surface area (Å²) < 4.78 is 10.8. The molecule has 110 valence electrons. The summed E-state index contributed by atoms with van der Waals surface area (Å²) >= 11 is 1.60. The van der Waals surface area contributed by atoms with E-state index >= 15 is 0 Å². The maximum Gasteiger partial charge on any atom is 0.231 e. The fourth-order valence-corrected chi connectivity index (χ4v) is 3.31. The summed E-state index contributed by atoms with van der Waals surface area (Å²) in [4.78, 5) is 4.75. The minimum Gasteiger partial charge on any atom is -0.454 e. The molecule has 1 fully saturated rings. The number of piperazine rings is 1. The van der Waals surface area contributed by atoms with Crippen LogP contribution in [0.15, 0.2) is 23.7 Å². The van der Waals surface area contributed by atoms with Crippen LogP contribution in [0.1, 0.15) is 5.56 Å². The van der Waals surface area contributed by atoms with Crippen molar-refractivity contribution in [3.63, 3.8) is 0 Å². The number of benzene rings is 1. The number of hydrogen-bond acceptors (Lipinski definition) is 7. The largest absolute Gasteiger partial charge is 0.454 e. The van der Waals surface area contributed by atoms with Crippen LogP contribution in [0, 0.1) is 0 Å². The molecular formula is C14H16N4O2S. The molecule has 0 atom stereocenters. The zero-order chi connectivity index (χ0) is 14.1. The molecule has 0 unspecified atom stereocenters. The van der Waals surface area contributed by atoms with Gasteiger partial charge in [0.15, 0.2) is 11.5 Å². The van der Waals surface area contributed by atoms with E-state index in [0.717, 1.165) is 49.4 Å². The van der Waals surface area contributed by atoms with E-state index in [-0.39, 0.29) is 0 Å². The number of fused-ring (bicyclic) bond motifs is 1. The van der Waals surface area contributed by atoms with E-state index in [1.807, 2.05) is 6.07 Å². The Bertz CT molecular complexity index is 611. The normalized spacial score (nSPS) is 18.2. The number of anilines is 1. The lowest BCUT2D eigenvalue weighted by Crippen LogP contribution is -2.45. The maximum atomic E-state index is 5.43. The second-order valence-electron chi connectivity index (χ2n) is 5.17. The lowest BCUT2D eigenvalue weighted by molar-refractivity contribution is 0.174. The molecule has 0 bridgehead atoms. The predicted molar refractivity (Wildman–Crippen MR) is 80.0 cm³/mol. The summed E-state index contributed by atoms with van der Waals surface area (Å²) in [5.41, 5.74) is 3.05. The van der Waals surface area contributed by atoms with Crippen molar-refractivity contribution in [3.05, 3.63) is 29.3 Å². The molecule has 0 amide bonds. The molecule has 2 aliphatic rings. The van der Waals surface area contributed by atoms with Crippen LogP contribution < -0.4 is 14.4 Å². The van der Waals surface area contributed by atoms with Crippen molar-refractivity contribution in [2.45, 2.75) is 6.54 Å². The van der Waals surface area contributed by atoms with Crippen LogP contribution in [0.3, 0.4) is 0 Å². The van der Waals surface area contributed by atoms with E-state index in [1.165, 1.54) is 5.56 Å². The third kappa shape index (κ3) is 2.66. The van der Waals surface area contributed by atoms with Gasteiger partial charge in [-0.15, -0.1) is 10.2 Å². The van der Waals surface area contributed by atoms with Crippen molar-refractivity contribution in [3.8, 4) is 11.5 Å². The van der Waals surface area contributed by atoms with Gasteiger partial charge in [0.05, 0.1) is 0 Å². The van der Waals surface area contributed by atoms with E-state index < -0.39 is 0 Å². The Morgan fingerprint density at radius 2 is 1.95 bits per heavy atom. The molecule has 2 aromatic rings. The molecular weight excluding hydrogens is 288 g/mol. The SMILES string of the molecule is c1nnc(N2CCN(Cc3ccc4c(c3)OCO4)CC2)s1. The van der Waals surface area contributed by atoms with Gasteiger partial charge in [-0.2, -0.15) is 0 Å². The van der Waals surface area contributed by atoms with Crippen LogP contribution in [-0.2, 0) is 6.54 Å². The number of aromatic nitrogens is 2. The van der Waals surface area contributed by atoms with Crippen molar-refractivity contribution in [2.75, 3.05) is 37.9 Å². The van der Waals surface area contributed by atoms with Crippen molar-refractivity contribution >= 4 is 16.5 Å². The third-order valence-corrected chi connectivity index (χ3v) is 4.58. The van der Waals surface area contributed by atoms with E-state index in [1.54, 1.807) is 16.8 Å². The molecule has 3 heterocycles. The molecule has 1 aromatic heterocycles. The van der Waals surface area contributed by atoms with Gasteiger partial charge in [0.25, 0.3) is 0 Å². The van der Waals surface area contributed by atoms with Gasteiger partial charge in [-0.3, -0.25) is 4.90 Å². The first-order valence-corrected chi connectivity index (χ1v) is 7.88. The number of hydrogen-bond donors (Lipinski definition) is 0. The highest BCUT2D eigenvalue weighted by atomic mass is 32.1. The van der Waals surface area contributed by atoms with E-state index in [0.29, 0.717) is 6.79 Å². The van der Waals surface area contributed by atoms with Gasteiger partial charge in [0.1, 0.15) is 5.51 Å². The highest BCUT2D eigenvalue weighted by molar-refractivity contribution is 7.13. The van der Waals surface area contributed by atoms with Gasteiger partial charge in [0.2, 0.25) is 11.9 Å². The Morgan fingerprint density at radius 3 is 2.76 bits per heavy atom.